The van der Waals surface area contributed by atoms with Crippen molar-refractivity contribution in [2.45, 2.75) is 46.1 Å². The minimum Gasteiger partial charge on any atom is -0.370 e. The molecule has 1 aromatic rings. The van der Waals surface area contributed by atoms with E-state index in [1.165, 1.54) is 0 Å². The van der Waals surface area contributed by atoms with Crippen LogP contribution >= 0.6 is 35.3 Å². The molecule has 1 rings (SSSR count). The van der Waals surface area contributed by atoms with E-state index in [4.69, 9.17) is 5.73 Å². The average Bonchev–Trinajstić information content (AvgIpc) is 2.72. The zero-order valence-corrected chi connectivity index (χ0v) is 14.6. The Morgan fingerprint density at radius 3 is 2.72 bits per heavy atom. The Labute approximate surface area is 131 Å². The quantitative estimate of drug-likeness (QED) is 0.468. The largest absolute Gasteiger partial charge is 0.370 e. The van der Waals surface area contributed by atoms with E-state index in [2.05, 4.69) is 41.4 Å². The molecular formula is C12H23IN4S. The number of rotatable bonds is 5. The Hall–Kier alpha value is -0.370. The molecule has 0 aromatic carbocycles. The molecule has 2 unspecified atom stereocenters. The summed E-state index contributed by atoms with van der Waals surface area (Å²) in [5.41, 5.74) is 6.88. The van der Waals surface area contributed by atoms with Crippen molar-refractivity contribution >= 4 is 41.3 Å². The van der Waals surface area contributed by atoms with Crippen LogP contribution in [0.25, 0.3) is 0 Å². The van der Waals surface area contributed by atoms with E-state index < -0.39 is 0 Å². The van der Waals surface area contributed by atoms with Gasteiger partial charge < -0.3 is 11.1 Å². The highest BCUT2D eigenvalue weighted by atomic mass is 127. The van der Waals surface area contributed by atoms with Crippen LogP contribution in [0.15, 0.2) is 10.4 Å². The number of aryl methyl sites for hydroxylation is 1. The molecule has 0 amide bonds. The third-order valence-corrected chi connectivity index (χ3v) is 3.79. The Balaban J connectivity index is 0.00000289. The van der Waals surface area contributed by atoms with Crippen molar-refractivity contribution < 1.29 is 0 Å². The monoisotopic (exact) mass is 382 g/mol. The van der Waals surface area contributed by atoms with Crippen LogP contribution in [0.5, 0.6) is 0 Å². The highest BCUT2D eigenvalue weighted by Crippen LogP contribution is 2.19. The van der Waals surface area contributed by atoms with Gasteiger partial charge in [-0.15, -0.1) is 35.3 Å². The Kier molecular flexibility index (Phi) is 8.51. The third kappa shape index (κ3) is 5.99. The molecule has 0 aliphatic carbocycles. The van der Waals surface area contributed by atoms with E-state index in [1.807, 2.05) is 6.92 Å². The Morgan fingerprint density at radius 1 is 1.56 bits per heavy atom. The summed E-state index contributed by atoms with van der Waals surface area (Å²) in [7, 11) is 0. The molecule has 2 atom stereocenters. The van der Waals surface area contributed by atoms with Crippen LogP contribution < -0.4 is 11.1 Å². The van der Waals surface area contributed by atoms with Crippen molar-refractivity contribution in [1.82, 2.24) is 10.3 Å². The van der Waals surface area contributed by atoms with Crippen molar-refractivity contribution in [3.8, 4) is 0 Å². The van der Waals surface area contributed by atoms with Gasteiger partial charge in [0, 0.05) is 23.0 Å². The average molecular weight is 382 g/mol. The molecule has 0 bridgehead atoms. The lowest BCUT2D eigenvalue weighted by atomic mass is 10.2. The number of hydrogen-bond acceptors (Lipinski definition) is 3. The highest BCUT2D eigenvalue weighted by molar-refractivity contribution is 14.0. The van der Waals surface area contributed by atoms with Crippen LogP contribution in [0.3, 0.4) is 0 Å². The fraction of sp³-hybridized carbons (Fsp3) is 0.667. The summed E-state index contributed by atoms with van der Waals surface area (Å²) in [4.78, 5) is 8.80. The second kappa shape index (κ2) is 8.68. The summed E-state index contributed by atoms with van der Waals surface area (Å²) in [6.45, 7) is 9.03. The normalized spacial score (nSPS) is 14.8. The maximum Gasteiger partial charge on any atom is 0.188 e. The van der Waals surface area contributed by atoms with Gasteiger partial charge in [-0.05, 0) is 20.3 Å². The predicted octanol–water partition coefficient (Wildman–Crippen LogP) is 2.88. The summed E-state index contributed by atoms with van der Waals surface area (Å²) >= 11 is 1.69. The highest BCUT2D eigenvalue weighted by Gasteiger charge is 2.09. The molecule has 3 N–H and O–H groups in total. The van der Waals surface area contributed by atoms with Crippen molar-refractivity contribution in [2.24, 2.45) is 10.7 Å². The summed E-state index contributed by atoms with van der Waals surface area (Å²) in [5.74, 6) is 0.852. The number of hydrogen-bond donors (Lipinski definition) is 2. The van der Waals surface area contributed by atoms with Crippen LogP contribution in [-0.4, -0.2) is 23.5 Å². The maximum absolute atomic E-state index is 5.80. The molecule has 0 aliphatic rings. The fourth-order valence-corrected chi connectivity index (χ4v) is 2.16. The first-order valence-corrected chi connectivity index (χ1v) is 6.89. The lowest BCUT2D eigenvalue weighted by Gasteiger charge is -2.12. The Bertz CT molecular complexity index is 378. The third-order valence-electron chi connectivity index (χ3n) is 2.60. The Morgan fingerprint density at radius 2 is 2.22 bits per heavy atom. The van der Waals surface area contributed by atoms with Crippen molar-refractivity contribution in [3.63, 3.8) is 0 Å². The molecule has 18 heavy (non-hydrogen) atoms. The summed E-state index contributed by atoms with van der Waals surface area (Å²) in [5, 5.41) is 6.35. The zero-order chi connectivity index (χ0) is 12.8. The van der Waals surface area contributed by atoms with Gasteiger partial charge in [0.25, 0.3) is 0 Å². The number of nitrogens with zero attached hydrogens (tertiary/aromatic N) is 2. The lowest BCUT2D eigenvalue weighted by molar-refractivity contribution is 0.634. The van der Waals surface area contributed by atoms with Gasteiger partial charge >= 0.3 is 0 Å². The van der Waals surface area contributed by atoms with Crippen LogP contribution in [0, 0.1) is 6.92 Å². The molecule has 0 radical (unpaired) electrons. The number of halogens is 1. The summed E-state index contributed by atoms with van der Waals surface area (Å²) in [6.07, 6.45) is 1.04. The van der Waals surface area contributed by atoms with Crippen LogP contribution in [0.1, 0.15) is 43.8 Å². The number of nitrogens with one attached hydrogen (secondary N) is 1. The zero-order valence-electron chi connectivity index (χ0n) is 11.4. The molecule has 4 nitrogen and oxygen atoms in total. The minimum absolute atomic E-state index is 0. The predicted molar refractivity (Wildman–Crippen MR) is 90.1 cm³/mol. The molecule has 0 fully saturated rings. The number of aliphatic imine (C=N–C) groups is 1. The van der Waals surface area contributed by atoms with Gasteiger partial charge in [-0.2, -0.15) is 0 Å². The smallest absolute Gasteiger partial charge is 0.188 e. The van der Waals surface area contributed by atoms with Gasteiger partial charge in [-0.25, -0.2) is 4.98 Å². The standard InChI is InChI=1S/C12H22N4S.HI/c1-5-9(3)16-12(13)14-6-8(2)11-15-10(4)7-17-11;/h7-9H,5-6H2,1-4H3,(H3,13,14,16);1H. The van der Waals surface area contributed by atoms with Gasteiger partial charge in [-0.1, -0.05) is 13.8 Å². The van der Waals surface area contributed by atoms with Crippen LogP contribution in [-0.2, 0) is 0 Å². The SMILES string of the molecule is CCC(C)NC(N)=NCC(C)c1nc(C)cs1.I. The van der Waals surface area contributed by atoms with E-state index in [9.17, 15) is 0 Å². The first-order valence-electron chi connectivity index (χ1n) is 6.01. The molecule has 0 saturated heterocycles. The molecule has 104 valence electrons. The number of nitrogens with two attached hydrogens (primary N) is 1. The topological polar surface area (TPSA) is 63.3 Å². The minimum atomic E-state index is 0. The van der Waals surface area contributed by atoms with Gasteiger partial charge in [0.15, 0.2) is 5.96 Å². The van der Waals surface area contributed by atoms with E-state index in [0.717, 1.165) is 17.1 Å². The van der Waals surface area contributed by atoms with Crippen molar-refractivity contribution in [2.75, 3.05) is 6.54 Å². The second-order valence-corrected chi connectivity index (χ2v) is 5.30. The fourth-order valence-electron chi connectivity index (χ4n) is 1.31. The molecule has 1 heterocycles. The number of thiazole rings is 1. The molecule has 1 aromatic heterocycles. The molecule has 0 aliphatic heterocycles. The van der Waals surface area contributed by atoms with E-state index >= 15 is 0 Å². The van der Waals surface area contributed by atoms with Crippen molar-refractivity contribution in [1.29, 1.82) is 0 Å². The molecule has 0 saturated carbocycles. The second-order valence-electron chi connectivity index (χ2n) is 4.41. The maximum atomic E-state index is 5.80. The summed E-state index contributed by atoms with van der Waals surface area (Å²) < 4.78 is 0. The first kappa shape index (κ1) is 17.6. The van der Waals surface area contributed by atoms with Gasteiger partial charge in [0.1, 0.15) is 0 Å². The van der Waals surface area contributed by atoms with Gasteiger partial charge in [0.05, 0.1) is 11.6 Å². The van der Waals surface area contributed by atoms with Crippen LogP contribution in [0.2, 0.25) is 0 Å². The molecule has 6 heteroatoms. The first-order chi connectivity index (χ1) is 8.02. The van der Waals surface area contributed by atoms with E-state index in [-0.39, 0.29) is 24.0 Å². The van der Waals surface area contributed by atoms with E-state index in [1.54, 1.807) is 11.3 Å². The van der Waals surface area contributed by atoms with Crippen molar-refractivity contribution in [3.05, 3.63) is 16.1 Å². The molecular weight excluding hydrogens is 359 g/mol. The number of guanidine groups is 1. The van der Waals surface area contributed by atoms with Gasteiger partial charge in [-0.3, -0.25) is 4.99 Å². The number of aromatic nitrogens is 1. The van der Waals surface area contributed by atoms with E-state index in [0.29, 0.717) is 24.5 Å². The summed E-state index contributed by atoms with van der Waals surface area (Å²) in [6, 6.07) is 0.371. The van der Waals surface area contributed by atoms with Gasteiger partial charge in [0.2, 0.25) is 0 Å². The lowest BCUT2D eigenvalue weighted by Crippen LogP contribution is -2.38. The van der Waals surface area contributed by atoms with Crippen LogP contribution in [0.4, 0.5) is 0 Å². The molecule has 0 spiro atoms.